The van der Waals surface area contributed by atoms with E-state index in [9.17, 15) is 4.79 Å². The molecule has 2 N–H and O–H groups in total. The lowest BCUT2D eigenvalue weighted by Gasteiger charge is -2.39. The van der Waals surface area contributed by atoms with Gasteiger partial charge in [-0.05, 0) is 13.0 Å². The fourth-order valence-electron chi connectivity index (χ4n) is 2.71. The molecule has 1 atom stereocenters. The van der Waals surface area contributed by atoms with Crippen LogP contribution in [-0.4, -0.2) is 74.1 Å². The molecule has 0 bridgehead atoms. The van der Waals surface area contributed by atoms with Crippen LogP contribution in [0, 0.1) is 0 Å². The first kappa shape index (κ1) is 13.8. The Labute approximate surface area is 110 Å². The molecule has 1 amide bonds. The van der Waals surface area contributed by atoms with Crippen LogP contribution in [0.1, 0.15) is 19.8 Å². The molecule has 0 aromatic heterocycles. The summed E-state index contributed by atoms with van der Waals surface area (Å²) in [5, 5.41) is 6.65. The van der Waals surface area contributed by atoms with Gasteiger partial charge in [0.25, 0.3) is 0 Å². The van der Waals surface area contributed by atoms with Crippen molar-refractivity contribution in [2.45, 2.75) is 25.8 Å². The van der Waals surface area contributed by atoms with Crippen molar-refractivity contribution in [2.24, 2.45) is 0 Å². The lowest BCUT2D eigenvalue weighted by atomic mass is 10.1. The van der Waals surface area contributed by atoms with Gasteiger partial charge >= 0.3 is 0 Å². The summed E-state index contributed by atoms with van der Waals surface area (Å²) in [6.45, 7) is 9.66. The number of piperazine rings is 2. The minimum atomic E-state index is 0.0587. The molecule has 2 heterocycles. The number of hydrogen-bond donors (Lipinski definition) is 2. The van der Waals surface area contributed by atoms with E-state index in [-0.39, 0.29) is 6.04 Å². The fraction of sp³-hybridized carbons (Fsp3) is 0.923. The highest BCUT2D eigenvalue weighted by Crippen LogP contribution is 2.09. The maximum atomic E-state index is 12.5. The Morgan fingerprint density at radius 1 is 1.17 bits per heavy atom. The summed E-state index contributed by atoms with van der Waals surface area (Å²) < 4.78 is 0. The molecule has 2 aliphatic heterocycles. The van der Waals surface area contributed by atoms with E-state index >= 15 is 0 Å². The molecule has 0 aliphatic carbocycles. The van der Waals surface area contributed by atoms with Crippen LogP contribution in [0.5, 0.6) is 0 Å². The molecule has 0 saturated carbocycles. The molecule has 2 aliphatic rings. The van der Waals surface area contributed by atoms with E-state index in [4.69, 9.17) is 0 Å². The molecule has 0 aromatic rings. The topological polar surface area (TPSA) is 47.6 Å². The van der Waals surface area contributed by atoms with Gasteiger partial charge in [0.05, 0.1) is 0 Å². The summed E-state index contributed by atoms with van der Waals surface area (Å²) in [4.78, 5) is 16.9. The first-order chi connectivity index (χ1) is 8.83. The Morgan fingerprint density at radius 3 is 2.61 bits per heavy atom. The van der Waals surface area contributed by atoms with E-state index in [1.807, 2.05) is 4.90 Å². The van der Waals surface area contributed by atoms with Crippen LogP contribution in [-0.2, 0) is 4.79 Å². The van der Waals surface area contributed by atoms with E-state index in [0.29, 0.717) is 5.91 Å². The Balaban J connectivity index is 1.91. The summed E-state index contributed by atoms with van der Waals surface area (Å²) in [5.41, 5.74) is 0. The molecule has 0 radical (unpaired) electrons. The Morgan fingerprint density at radius 2 is 1.89 bits per heavy atom. The zero-order valence-corrected chi connectivity index (χ0v) is 11.5. The Bertz CT molecular complexity index is 266. The SMILES string of the molecule is CCCCN1CCNCC1C(=O)N1CCNCC1. The number of carbonyl (C=O) groups excluding carboxylic acids is 1. The summed E-state index contributed by atoms with van der Waals surface area (Å²) in [6, 6.07) is 0.0587. The van der Waals surface area contributed by atoms with E-state index in [1.165, 1.54) is 12.8 Å². The van der Waals surface area contributed by atoms with E-state index < -0.39 is 0 Å². The van der Waals surface area contributed by atoms with Crippen LogP contribution in [0.3, 0.4) is 0 Å². The maximum Gasteiger partial charge on any atom is 0.241 e. The fourth-order valence-corrected chi connectivity index (χ4v) is 2.71. The Hall–Kier alpha value is -0.650. The van der Waals surface area contributed by atoms with Crippen molar-refractivity contribution in [3.05, 3.63) is 0 Å². The third kappa shape index (κ3) is 3.43. The molecule has 2 fully saturated rings. The number of carbonyl (C=O) groups is 1. The van der Waals surface area contributed by atoms with Crippen molar-refractivity contribution >= 4 is 5.91 Å². The number of nitrogens with one attached hydrogen (secondary N) is 2. The van der Waals surface area contributed by atoms with Gasteiger partial charge in [-0.1, -0.05) is 13.3 Å². The Kier molecular flexibility index (Phi) is 5.41. The van der Waals surface area contributed by atoms with Gasteiger partial charge in [0.2, 0.25) is 5.91 Å². The van der Waals surface area contributed by atoms with Gasteiger partial charge in [-0.15, -0.1) is 0 Å². The summed E-state index contributed by atoms with van der Waals surface area (Å²) in [5.74, 6) is 0.319. The van der Waals surface area contributed by atoms with Crippen molar-refractivity contribution in [1.82, 2.24) is 20.4 Å². The monoisotopic (exact) mass is 254 g/mol. The van der Waals surface area contributed by atoms with Crippen LogP contribution in [0.2, 0.25) is 0 Å². The quantitative estimate of drug-likeness (QED) is 0.709. The van der Waals surface area contributed by atoms with Crippen molar-refractivity contribution in [3.63, 3.8) is 0 Å². The average Bonchev–Trinajstić information content (AvgIpc) is 2.45. The number of hydrogen-bond acceptors (Lipinski definition) is 4. The van der Waals surface area contributed by atoms with Gasteiger partial charge in [0.15, 0.2) is 0 Å². The minimum Gasteiger partial charge on any atom is -0.339 e. The zero-order valence-electron chi connectivity index (χ0n) is 11.5. The number of nitrogens with zero attached hydrogens (tertiary/aromatic N) is 2. The average molecular weight is 254 g/mol. The second-order valence-electron chi connectivity index (χ2n) is 5.18. The van der Waals surface area contributed by atoms with Gasteiger partial charge in [-0.2, -0.15) is 0 Å². The summed E-state index contributed by atoms with van der Waals surface area (Å²) in [7, 11) is 0. The third-order valence-corrected chi connectivity index (χ3v) is 3.87. The van der Waals surface area contributed by atoms with Crippen molar-refractivity contribution in [2.75, 3.05) is 52.4 Å². The lowest BCUT2D eigenvalue weighted by molar-refractivity contribution is -0.138. The second kappa shape index (κ2) is 7.07. The van der Waals surface area contributed by atoms with Crippen LogP contribution in [0.15, 0.2) is 0 Å². The number of amides is 1. The molecule has 1 unspecified atom stereocenters. The summed E-state index contributed by atoms with van der Waals surface area (Å²) in [6.07, 6.45) is 2.38. The number of rotatable bonds is 4. The first-order valence-electron chi connectivity index (χ1n) is 7.27. The molecule has 5 nitrogen and oxygen atoms in total. The van der Waals surface area contributed by atoms with Gasteiger partial charge in [0, 0.05) is 45.8 Å². The molecular formula is C13H26N4O. The van der Waals surface area contributed by atoms with E-state index in [2.05, 4.69) is 22.5 Å². The van der Waals surface area contributed by atoms with E-state index in [0.717, 1.165) is 52.4 Å². The largest absolute Gasteiger partial charge is 0.339 e. The molecule has 0 spiro atoms. The molecule has 2 rings (SSSR count). The van der Waals surface area contributed by atoms with Crippen LogP contribution in [0.25, 0.3) is 0 Å². The first-order valence-corrected chi connectivity index (χ1v) is 7.27. The smallest absolute Gasteiger partial charge is 0.241 e. The van der Waals surface area contributed by atoms with Crippen LogP contribution >= 0.6 is 0 Å². The van der Waals surface area contributed by atoms with Gasteiger partial charge in [-0.3, -0.25) is 9.69 Å². The van der Waals surface area contributed by atoms with Gasteiger partial charge in [-0.25, -0.2) is 0 Å². The normalized spacial score (nSPS) is 26.3. The maximum absolute atomic E-state index is 12.5. The van der Waals surface area contributed by atoms with Gasteiger partial charge in [0.1, 0.15) is 6.04 Å². The zero-order chi connectivity index (χ0) is 12.8. The van der Waals surface area contributed by atoms with Crippen molar-refractivity contribution in [3.8, 4) is 0 Å². The molecule has 2 saturated heterocycles. The number of unbranched alkanes of at least 4 members (excludes halogenated alkanes) is 1. The van der Waals surface area contributed by atoms with Crippen LogP contribution in [0.4, 0.5) is 0 Å². The van der Waals surface area contributed by atoms with Gasteiger partial charge < -0.3 is 15.5 Å². The minimum absolute atomic E-state index is 0.0587. The highest BCUT2D eigenvalue weighted by molar-refractivity contribution is 5.82. The standard InChI is InChI=1S/C13H26N4O/c1-2-3-7-16-8-6-15-11-12(16)13(18)17-9-4-14-5-10-17/h12,14-15H,2-11H2,1H3. The second-order valence-corrected chi connectivity index (χ2v) is 5.18. The molecule has 18 heavy (non-hydrogen) atoms. The third-order valence-electron chi connectivity index (χ3n) is 3.87. The lowest BCUT2D eigenvalue weighted by Crippen LogP contribution is -2.60. The molecule has 104 valence electrons. The predicted octanol–water partition coefficient (Wildman–Crippen LogP) is -0.508. The molecule has 0 aromatic carbocycles. The van der Waals surface area contributed by atoms with Crippen LogP contribution < -0.4 is 10.6 Å². The molecule has 5 heteroatoms. The summed E-state index contributed by atoms with van der Waals surface area (Å²) >= 11 is 0. The highest BCUT2D eigenvalue weighted by Gasteiger charge is 2.31. The predicted molar refractivity (Wildman–Crippen MR) is 72.6 cm³/mol. The molecular weight excluding hydrogens is 228 g/mol. The highest BCUT2D eigenvalue weighted by atomic mass is 16.2. The van der Waals surface area contributed by atoms with E-state index in [1.54, 1.807) is 0 Å². The van der Waals surface area contributed by atoms with Crippen molar-refractivity contribution < 1.29 is 4.79 Å². The van der Waals surface area contributed by atoms with Crippen molar-refractivity contribution in [1.29, 1.82) is 0 Å².